The maximum Gasteiger partial charge on any atom is 0.227 e. The van der Waals surface area contributed by atoms with Crippen LogP contribution in [0.1, 0.15) is 32.3 Å². The number of amides is 1. The Morgan fingerprint density at radius 1 is 1.27 bits per heavy atom. The molecule has 1 rings (SSSR count). The first kappa shape index (κ1) is 12.1. The summed E-state index contributed by atoms with van der Waals surface area (Å²) in [5.41, 5.74) is 0.873. The molecule has 0 aliphatic rings. The number of benzene rings is 1. The summed E-state index contributed by atoms with van der Waals surface area (Å²) in [6.45, 7) is 5.74. The lowest BCUT2D eigenvalue weighted by Gasteiger charge is -2.15. The minimum absolute atomic E-state index is 0.0121. The minimum atomic E-state index is -0.207. The number of carbonyl (C=O) groups excluding carboxylic acids is 1. The van der Waals surface area contributed by atoms with Crippen molar-refractivity contribution >= 4 is 17.5 Å². The monoisotopic (exact) mass is 225 g/mol. The van der Waals surface area contributed by atoms with E-state index in [1.165, 1.54) is 0 Å². The molecule has 0 aromatic heterocycles. The summed E-state index contributed by atoms with van der Waals surface area (Å²) in [4.78, 5) is 11.7. The van der Waals surface area contributed by atoms with Crippen molar-refractivity contribution in [3.63, 3.8) is 0 Å². The van der Waals surface area contributed by atoms with Crippen LogP contribution < -0.4 is 5.32 Å². The number of halogens is 1. The van der Waals surface area contributed by atoms with Crippen LogP contribution in [0.3, 0.4) is 0 Å². The second kappa shape index (κ2) is 5.17. The highest BCUT2D eigenvalue weighted by Crippen LogP contribution is 2.24. The van der Waals surface area contributed by atoms with E-state index in [9.17, 15) is 4.79 Å². The van der Waals surface area contributed by atoms with Crippen molar-refractivity contribution in [1.29, 1.82) is 0 Å². The molecule has 0 saturated heterocycles. The molecule has 0 spiro atoms. The molecule has 0 radical (unpaired) electrons. The molecule has 3 heteroatoms. The Morgan fingerprint density at radius 3 is 2.40 bits per heavy atom. The van der Waals surface area contributed by atoms with Gasteiger partial charge >= 0.3 is 0 Å². The fourth-order valence-electron chi connectivity index (χ4n) is 1.38. The van der Waals surface area contributed by atoms with Gasteiger partial charge in [-0.2, -0.15) is 0 Å². The lowest BCUT2D eigenvalue weighted by Crippen LogP contribution is -2.33. The van der Waals surface area contributed by atoms with Crippen LogP contribution in [0.25, 0.3) is 0 Å². The number of hydrogen-bond acceptors (Lipinski definition) is 1. The Morgan fingerprint density at radius 2 is 1.87 bits per heavy atom. The summed E-state index contributed by atoms with van der Waals surface area (Å²) in [7, 11) is 0. The normalized spacial score (nSPS) is 12.6. The topological polar surface area (TPSA) is 29.1 Å². The SMILES string of the molecule is CC(C)NC(=O)C(C)c1ccccc1Cl. The Labute approximate surface area is 95.6 Å². The fraction of sp³-hybridized carbons (Fsp3) is 0.417. The first-order valence-electron chi connectivity index (χ1n) is 5.07. The van der Waals surface area contributed by atoms with Gasteiger partial charge in [0.15, 0.2) is 0 Å². The number of carbonyl (C=O) groups is 1. The van der Waals surface area contributed by atoms with Crippen LogP contribution in [0.2, 0.25) is 5.02 Å². The van der Waals surface area contributed by atoms with E-state index in [0.717, 1.165) is 5.56 Å². The van der Waals surface area contributed by atoms with Crippen molar-refractivity contribution < 1.29 is 4.79 Å². The Kier molecular flexibility index (Phi) is 4.15. The second-order valence-electron chi connectivity index (χ2n) is 3.91. The molecular weight excluding hydrogens is 210 g/mol. The highest BCUT2D eigenvalue weighted by atomic mass is 35.5. The van der Waals surface area contributed by atoms with Gasteiger partial charge in [-0.1, -0.05) is 29.8 Å². The van der Waals surface area contributed by atoms with E-state index in [0.29, 0.717) is 5.02 Å². The van der Waals surface area contributed by atoms with E-state index in [1.54, 1.807) is 6.07 Å². The van der Waals surface area contributed by atoms with Gasteiger partial charge in [0.2, 0.25) is 5.91 Å². The van der Waals surface area contributed by atoms with E-state index in [2.05, 4.69) is 5.32 Å². The van der Waals surface area contributed by atoms with Gasteiger partial charge in [0.05, 0.1) is 5.92 Å². The van der Waals surface area contributed by atoms with Gasteiger partial charge in [0, 0.05) is 11.1 Å². The Bertz CT molecular complexity index is 349. The lowest BCUT2D eigenvalue weighted by molar-refractivity contribution is -0.122. The first-order valence-corrected chi connectivity index (χ1v) is 5.45. The molecule has 0 aliphatic carbocycles. The summed E-state index contributed by atoms with van der Waals surface area (Å²) in [5.74, 6) is -0.195. The molecule has 0 heterocycles. The van der Waals surface area contributed by atoms with E-state index in [4.69, 9.17) is 11.6 Å². The molecule has 0 aliphatic heterocycles. The van der Waals surface area contributed by atoms with E-state index < -0.39 is 0 Å². The highest BCUT2D eigenvalue weighted by Gasteiger charge is 2.17. The van der Waals surface area contributed by atoms with Gasteiger partial charge in [0.25, 0.3) is 0 Å². The van der Waals surface area contributed by atoms with Crippen LogP contribution in [0.4, 0.5) is 0 Å². The molecule has 1 N–H and O–H groups in total. The molecule has 0 bridgehead atoms. The third kappa shape index (κ3) is 3.24. The maximum atomic E-state index is 11.7. The molecule has 0 fully saturated rings. The van der Waals surface area contributed by atoms with Crippen molar-refractivity contribution in [2.75, 3.05) is 0 Å². The van der Waals surface area contributed by atoms with Gasteiger partial charge < -0.3 is 5.32 Å². The molecule has 1 aromatic rings. The molecular formula is C12H16ClNO. The quantitative estimate of drug-likeness (QED) is 0.842. The van der Waals surface area contributed by atoms with Gasteiger partial charge in [0.1, 0.15) is 0 Å². The first-order chi connectivity index (χ1) is 7.02. The Balaban J connectivity index is 2.81. The average Bonchev–Trinajstić information content (AvgIpc) is 2.16. The third-order valence-electron chi connectivity index (χ3n) is 2.20. The standard InChI is InChI=1S/C12H16ClNO/c1-8(2)14-12(15)9(3)10-6-4-5-7-11(10)13/h4-9H,1-3H3,(H,14,15). The molecule has 0 saturated carbocycles. The predicted molar refractivity (Wildman–Crippen MR) is 63.1 cm³/mol. The van der Waals surface area contributed by atoms with Crippen molar-refractivity contribution in [2.45, 2.75) is 32.7 Å². The van der Waals surface area contributed by atoms with Crippen LogP contribution in [-0.4, -0.2) is 11.9 Å². The predicted octanol–water partition coefficient (Wildman–Crippen LogP) is 2.97. The van der Waals surface area contributed by atoms with Gasteiger partial charge in [-0.15, -0.1) is 0 Å². The number of hydrogen-bond donors (Lipinski definition) is 1. The smallest absolute Gasteiger partial charge is 0.227 e. The fourth-order valence-corrected chi connectivity index (χ4v) is 1.68. The Hall–Kier alpha value is -1.02. The molecule has 82 valence electrons. The summed E-state index contributed by atoms with van der Waals surface area (Å²) in [6.07, 6.45) is 0. The summed E-state index contributed by atoms with van der Waals surface area (Å²) >= 11 is 6.02. The highest BCUT2D eigenvalue weighted by molar-refractivity contribution is 6.31. The molecule has 2 nitrogen and oxygen atoms in total. The summed E-state index contributed by atoms with van der Waals surface area (Å²) < 4.78 is 0. The third-order valence-corrected chi connectivity index (χ3v) is 2.54. The number of rotatable bonds is 3. The second-order valence-corrected chi connectivity index (χ2v) is 4.31. The van der Waals surface area contributed by atoms with Crippen LogP contribution in [0, 0.1) is 0 Å². The zero-order valence-electron chi connectivity index (χ0n) is 9.25. The zero-order valence-corrected chi connectivity index (χ0v) is 10.0. The molecule has 1 amide bonds. The van der Waals surface area contributed by atoms with Crippen molar-refractivity contribution in [2.24, 2.45) is 0 Å². The lowest BCUT2D eigenvalue weighted by atomic mass is 10.00. The van der Waals surface area contributed by atoms with Crippen LogP contribution in [0.5, 0.6) is 0 Å². The van der Waals surface area contributed by atoms with Crippen molar-refractivity contribution in [1.82, 2.24) is 5.32 Å². The van der Waals surface area contributed by atoms with E-state index >= 15 is 0 Å². The van der Waals surface area contributed by atoms with Crippen LogP contribution >= 0.6 is 11.6 Å². The van der Waals surface area contributed by atoms with Crippen LogP contribution in [-0.2, 0) is 4.79 Å². The summed E-state index contributed by atoms with van der Waals surface area (Å²) in [5, 5.41) is 3.51. The molecule has 15 heavy (non-hydrogen) atoms. The molecule has 1 unspecified atom stereocenters. The van der Waals surface area contributed by atoms with Crippen molar-refractivity contribution in [3.8, 4) is 0 Å². The van der Waals surface area contributed by atoms with Crippen molar-refractivity contribution in [3.05, 3.63) is 34.9 Å². The zero-order chi connectivity index (χ0) is 11.4. The molecule has 1 atom stereocenters. The summed E-state index contributed by atoms with van der Waals surface area (Å²) in [6, 6.07) is 7.59. The maximum absolute atomic E-state index is 11.7. The van der Waals surface area contributed by atoms with Gasteiger partial charge in [-0.3, -0.25) is 4.79 Å². The van der Waals surface area contributed by atoms with E-state index in [1.807, 2.05) is 39.0 Å². The van der Waals surface area contributed by atoms with Crippen LogP contribution in [0.15, 0.2) is 24.3 Å². The number of nitrogens with one attached hydrogen (secondary N) is 1. The largest absolute Gasteiger partial charge is 0.353 e. The molecule has 1 aromatic carbocycles. The average molecular weight is 226 g/mol. The minimum Gasteiger partial charge on any atom is -0.353 e. The van der Waals surface area contributed by atoms with Gasteiger partial charge in [-0.05, 0) is 32.4 Å². The van der Waals surface area contributed by atoms with E-state index in [-0.39, 0.29) is 17.9 Å². The van der Waals surface area contributed by atoms with Gasteiger partial charge in [-0.25, -0.2) is 0 Å².